The molecule has 53 heavy (non-hydrogen) atoms. The van der Waals surface area contributed by atoms with Crippen LogP contribution in [0.5, 0.6) is 0 Å². The highest BCUT2D eigenvalue weighted by atomic mass is 16.3. The van der Waals surface area contributed by atoms with Crippen LogP contribution in [0.25, 0.3) is 99.4 Å². The maximum Gasteiger partial charge on any atom is 0.227 e. The summed E-state index contributed by atoms with van der Waals surface area (Å²) in [4.78, 5) is 4.88. The fourth-order valence-electron chi connectivity index (χ4n) is 7.68. The van der Waals surface area contributed by atoms with Crippen LogP contribution < -0.4 is 0 Å². The Morgan fingerprint density at radius 1 is 0.396 bits per heavy atom. The summed E-state index contributed by atoms with van der Waals surface area (Å²) in [6.07, 6.45) is 0. The Labute approximate surface area is 306 Å². The smallest absolute Gasteiger partial charge is 0.227 e. The minimum absolute atomic E-state index is 0.608. The molecule has 10 rings (SSSR count). The van der Waals surface area contributed by atoms with Crippen molar-refractivity contribution in [3.05, 3.63) is 188 Å². The number of nitrogens with zero attached hydrogens (tertiary/aromatic N) is 2. The summed E-state index contributed by atoms with van der Waals surface area (Å²) in [5.41, 5.74) is 12.4. The molecule has 1 heterocycles. The van der Waals surface area contributed by atoms with Crippen LogP contribution >= 0.6 is 0 Å². The Hall–Kier alpha value is -7.28. The molecule has 0 aliphatic carbocycles. The molecule has 0 spiro atoms. The van der Waals surface area contributed by atoms with Gasteiger partial charge in [0.2, 0.25) is 5.89 Å². The predicted molar refractivity (Wildman–Crippen MR) is 218 cm³/mol. The lowest BCUT2D eigenvalue weighted by Crippen LogP contribution is -1.87. The Balaban J connectivity index is 0.961. The van der Waals surface area contributed by atoms with Crippen molar-refractivity contribution in [3.8, 4) is 62.0 Å². The first-order valence-electron chi connectivity index (χ1n) is 17.8. The molecule has 1 aromatic heterocycles. The summed E-state index contributed by atoms with van der Waals surface area (Å²) in [6.45, 7) is 0. The predicted octanol–water partition coefficient (Wildman–Crippen LogP) is 13.5. The molecule has 0 saturated heterocycles. The van der Waals surface area contributed by atoms with Crippen molar-refractivity contribution < 1.29 is 4.42 Å². The van der Waals surface area contributed by atoms with E-state index in [-0.39, 0.29) is 0 Å². The van der Waals surface area contributed by atoms with Gasteiger partial charge in [-0.2, -0.15) is 5.26 Å². The van der Waals surface area contributed by atoms with Gasteiger partial charge in [0.05, 0.1) is 11.6 Å². The van der Waals surface area contributed by atoms with Crippen molar-refractivity contribution in [1.82, 2.24) is 4.98 Å². The topological polar surface area (TPSA) is 49.8 Å². The van der Waals surface area contributed by atoms with E-state index in [4.69, 9.17) is 14.7 Å². The van der Waals surface area contributed by atoms with Gasteiger partial charge in [0.15, 0.2) is 5.58 Å². The molecule has 246 valence electrons. The molecule has 0 radical (unpaired) electrons. The van der Waals surface area contributed by atoms with E-state index in [1.165, 1.54) is 49.0 Å². The molecule has 0 bridgehead atoms. The first-order valence-corrected chi connectivity index (χ1v) is 17.8. The van der Waals surface area contributed by atoms with E-state index < -0.39 is 0 Å². The second-order valence-corrected chi connectivity index (χ2v) is 13.4. The fourth-order valence-corrected chi connectivity index (χ4v) is 7.68. The van der Waals surface area contributed by atoms with Gasteiger partial charge in [-0.1, -0.05) is 140 Å². The molecule has 0 N–H and O–H groups in total. The first-order chi connectivity index (χ1) is 26.2. The Morgan fingerprint density at radius 3 is 1.51 bits per heavy atom. The second kappa shape index (κ2) is 12.5. The summed E-state index contributed by atoms with van der Waals surface area (Å²) < 4.78 is 6.42. The monoisotopic (exact) mass is 674 g/mol. The van der Waals surface area contributed by atoms with Crippen LogP contribution in [-0.4, -0.2) is 4.98 Å². The minimum atomic E-state index is 0.608. The number of hydrogen-bond acceptors (Lipinski definition) is 3. The van der Waals surface area contributed by atoms with Gasteiger partial charge in [0.1, 0.15) is 5.52 Å². The molecule has 0 amide bonds. The van der Waals surface area contributed by atoms with E-state index in [2.05, 4.69) is 164 Å². The molecule has 0 aliphatic rings. The van der Waals surface area contributed by atoms with Gasteiger partial charge >= 0.3 is 0 Å². The number of nitriles is 1. The molecule has 0 unspecified atom stereocenters. The molecular formula is C50H30N2O. The van der Waals surface area contributed by atoms with Crippen molar-refractivity contribution in [3.63, 3.8) is 0 Å². The Kier molecular flexibility index (Phi) is 7.20. The van der Waals surface area contributed by atoms with Crippen LogP contribution in [0, 0.1) is 11.3 Å². The highest BCUT2D eigenvalue weighted by Gasteiger charge is 2.14. The summed E-state index contributed by atoms with van der Waals surface area (Å²) in [7, 11) is 0. The summed E-state index contributed by atoms with van der Waals surface area (Å²) in [6, 6.07) is 65.9. The van der Waals surface area contributed by atoms with Crippen LogP contribution in [0.4, 0.5) is 0 Å². The van der Waals surface area contributed by atoms with E-state index in [0.29, 0.717) is 11.5 Å². The SMILES string of the molecule is N#Cc1ccc(-c2ccc(-c3ccc(-c4ccc(-c5nc6ccc(-c7cc8ccccc8c8ccccc78)cc6o5)cc4)c4ccccc34)cc2)cc1. The summed E-state index contributed by atoms with van der Waals surface area (Å²) in [5.74, 6) is 0.608. The molecule has 0 aliphatic heterocycles. The van der Waals surface area contributed by atoms with Crippen LogP contribution in [0.3, 0.4) is 0 Å². The number of fused-ring (bicyclic) bond motifs is 5. The van der Waals surface area contributed by atoms with Crippen molar-refractivity contribution in [2.75, 3.05) is 0 Å². The van der Waals surface area contributed by atoms with E-state index in [9.17, 15) is 0 Å². The average Bonchev–Trinajstić information content (AvgIpc) is 3.67. The second-order valence-electron chi connectivity index (χ2n) is 13.4. The highest BCUT2D eigenvalue weighted by Crippen LogP contribution is 2.39. The molecule has 9 aromatic carbocycles. The van der Waals surface area contributed by atoms with Gasteiger partial charge in [-0.25, -0.2) is 4.98 Å². The largest absolute Gasteiger partial charge is 0.436 e. The quantitative estimate of drug-likeness (QED) is 0.171. The lowest BCUT2D eigenvalue weighted by atomic mass is 9.91. The standard InChI is InChI=1S/C50H30N2O/c51-31-32-13-15-33(16-14-32)34-17-19-35(20-18-34)41-26-27-42(45-11-4-3-10-44(41)45)36-21-23-37(24-22-36)50-52-48-28-25-39(30-49(48)53-50)47-29-38-7-1-2-8-40(38)43-9-5-6-12-46(43)47/h1-30H. The van der Waals surface area contributed by atoms with Crippen molar-refractivity contribution in [1.29, 1.82) is 5.26 Å². The molecule has 10 aromatic rings. The van der Waals surface area contributed by atoms with Crippen molar-refractivity contribution in [2.24, 2.45) is 0 Å². The van der Waals surface area contributed by atoms with E-state index in [1.807, 2.05) is 24.3 Å². The molecular weight excluding hydrogens is 645 g/mol. The normalized spacial score (nSPS) is 11.4. The third-order valence-electron chi connectivity index (χ3n) is 10.4. The van der Waals surface area contributed by atoms with Gasteiger partial charge in [0, 0.05) is 5.56 Å². The van der Waals surface area contributed by atoms with Crippen molar-refractivity contribution >= 4 is 43.4 Å². The number of hydrogen-bond donors (Lipinski definition) is 0. The zero-order valence-corrected chi connectivity index (χ0v) is 28.6. The zero-order chi connectivity index (χ0) is 35.3. The maximum atomic E-state index is 9.15. The van der Waals surface area contributed by atoms with Crippen molar-refractivity contribution in [2.45, 2.75) is 0 Å². The van der Waals surface area contributed by atoms with Gasteiger partial charge in [-0.3, -0.25) is 0 Å². The molecule has 3 nitrogen and oxygen atoms in total. The third-order valence-corrected chi connectivity index (χ3v) is 10.4. The maximum absolute atomic E-state index is 9.15. The highest BCUT2D eigenvalue weighted by molar-refractivity contribution is 6.14. The fraction of sp³-hybridized carbons (Fsp3) is 0. The molecule has 3 heteroatoms. The van der Waals surface area contributed by atoms with Crippen LogP contribution in [0.1, 0.15) is 5.56 Å². The minimum Gasteiger partial charge on any atom is -0.436 e. The number of rotatable bonds is 5. The Bertz CT molecular complexity index is 3040. The number of oxazole rings is 1. The lowest BCUT2D eigenvalue weighted by Gasteiger charge is -2.13. The third kappa shape index (κ3) is 5.33. The molecule has 0 atom stereocenters. The lowest BCUT2D eigenvalue weighted by molar-refractivity contribution is 0.620. The van der Waals surface area contributed by atoms with Gasteiger partial charge in [-0.15, -0.1) is 0 Å². The van der Waals surface area contributed by atoms with Crippen LogP contribution in [-0.2, 0) is 0 Å². The van der Waals surface area contributed by atoms with E-state index in [0.717, 1.165) is 44.5 Å². The van der Waals surface area contributed by atoms with Crippen LogP contribution in [0.2, 0.25) is 0 Å². The number of aromatic nitrogens is 1. The Morgan fingerprint density at radius 2 is 0.887 bits per heavy atom. The van der Waals surface area contributed by atoms with E-state index >= 15 is 0 Å². The summed E-state index contributed by atoms with van der Waals surface area (Å²) >= 11 is 0. The molecule has 0 fully saturated rings. The zero-order valence-electron chi connectivity index (χ0n) is 28.6. The average molecular weight is 675 g/mol. The van der Waals surface area contributed by atoms with Gasteiger partial charge < -0.3 is 4.42 Å². The number of benzene rings is 9. The van der Waals surface area contributed by atoms with Crippen LogP contribution in [0.15, 0.2) is 186 Å². The van der Waals surface area contributed by atoms with E-state index in [1.54, 1.807) is 0 Å². The van der Waals surface area contributed by atoms with Gasteiger partial charge in [-0.05, 0) is 119 Å². The summed E-state index contributed by atoms with van der Waals surface area (Å²) in [5, 5.41) is 16.5. The molecule has 0 saturated carbocycles. The first kappa shape index (κ1) is 30.5. The van der Waals surface area contributed by atoms with Gasteiger partial charge in [0.25, 0.3) is 0 Å².